The third kappa shape index (κ3) is 5.04. The molecule has 3 rings (SSSR count). The minimum Gasteiger partial charge on any atom is -0.478 e. The Balaban J connectivity index is 1.68. The van der Waals surface area contributed by atoms with Crippen molar-refractivity contribution in [1.29, 1.82) is 5.26 Å². The van der Waals surface area contributed by atoms with E-state index in [2.05, 4.69) is 16.3 Å². The zero-order valence-corrected chi connectivity index (χ0v) is 14.7. The maximum absolute atomic E-state index is 11.2. The topological polar surface area (TPSA) is 76.4 Å². The van der Waals surface area contributed by atoms with Crippen LogP contribution in [0.4, 0.5) is 0 Å². The summed E-state index contributed by atoms with van der Waals surface area (Å²) in [6.45, 7) is 3.90. The highest BCUT2D eigenvalue weighted by molar-refractivity contribution is 5.87. The van der Waals surface area contributed by atoms with Gasteiger partial charge < -0.3 is 15.3 Å². The molecule has 1 heterocycles. The van der Waals surface area contributed by atoms with Crippen LogP contribution in [0.1, 0.15) is 48.0 Å². The van der Waals surface area contributed by atoms with E-state index in [-0.39, 0.29) is 5.41 Å². The molecule has 134 valence electrons. The van der Waals surface area contributed by atoms with E-state index in [1.54, 1.807) is 6.07 Å². The minimum atomic E-state index is -0.863. The molecule has 2 fully saturated rings. The average Bonchev–Trinajstić information content (AvgIpc) is 3.44. The molecule has 1 aromatic rings. The van der Waals surface area contributed by atoms with E-state index >= 15 is 0 Å². The van der Waals surface area contributed by atoms with Gasteiger partial charge in [-0.05, 0) is 68.3 Å². The Bertz CT molecular complexity index is 641. The number of nitrogens with zero attached hydrogens (tertiary/aromatic N) is 2. The number of carbonyl (C=O) groups is 1. The number of hydrogen-bond acceptors (Lipinski definition) is 4. The van der Waals surface area contributed by atoms with Gasteiger partial charge in [-0.15, -0.1) is 0 Å². The van der Waals surface area contributed by atoms with E-state index in [9.17, 15) is 9.90 Å². The molecule has 2 N–H and O–H groups in total. The van der Waals surface area contributed by atoms with Gasteiger partial charge in [0.2, 0.25) is 0 Å². The van der Waals surface area contributed by atoms with Gasteiger partial charge in [-0.1, -0.05) is 12.1 Å². The molecule has 0 unspecified atom stereocenters. The quantitative estimate of drug-likeness (QED) is 0.760. The molecule has 0 radical (unpaired) electrons. The number of aromatic carboxylic acids is 1. The smallest absolute Gasteiger partial charge is 0.335 e. The van der Waals surface area contributed by atoms with Crippen LogP contribution in [0, 0.1) is 16.7 Å². The van der Waals surface area contributed by atoms with E-state index in [1.165, 1.54) is 12.8 Å². The highest BCUT2D eigenvalue weighted by atomic mass is 16.4. The second kappa shape index (κ2) is 7.99. The molecule has 1 aliphatic heterocycles. The van der Waals surface area contributed by atoms with Crippen molar-refractivity contribution in [2.24, 2.45) is 5.41 Å². The molecule has 1 saturated carbocycles. The third-order valence-electron chi connectivity index (χ3n) is 5.55. The fourth-order valence-corrected chi connectivity index (χ4v) is 3.77. The Labute approximate surface area is 149 Å². The van der Waals surface area contributed by atoms with Crippen molar-refractivity contribution in [1.82, 2.24) is 10.2 Å². The maximum Gasteiger partial charge on any atom is 0.335 e. The third-order valence-corrected chi connectivity index (χ3v) is 5.55. The maximum atomic E-state index is 11.2. The van der Waals surface area contributed by atoms with Gasteiger partial charge in [-0.25, -0.2) is 4.79 Å². The van der Waals surface area contributed by atoms with E-state index < -0.39 is 5.97 Å². The van der Waals surface area contributed by atoms with Crippen molar-refractivity contribution in [3.05, 3.63) is 35.4 Å². The van der Waals surface area contributed by atoms with E-state index in [4.69, 9.17) is 5.26 Å². The lowest BCUT2D eigenvalue weighted by molar-refractivity contribution is 0.0696. The van der Waals surface area contributed by atoms with Gasteiger partial charge in [0.25, 0.3) is 0 Å². The first-order chi connectivity index (χ1) is 12.1. The minimum absolute atomic E-state index is 0.183. The Morgan fingerprint density at radius 1 is 1.36 bits per heavy atom. The molecular weight excluding hydrogens is 314 g/mol. The van der Waals surface area contributed by atoms with Crippen LogP contribution < -0.4 is 5.32 Å². The van der Waals surface area contributed by atoms with Crippen LogP contribution in [0.2, 0.25) is 0 Å². The highest BCUT2D eigenvalue weighted by Crippen LogP contribution is 2.36. The SMILES string of the molecule is N#CCCN1CCC(CNC2CC2)(Cc2cccc(C(=O)O)c2)CC1. The van der Waals surface area contributed by atoms with Crippen molar-refractivity contribution in [3.63, 3.8) is 0 Å². The first-order valence-electron chi connectivity index (χ1n) is 9.25. The molecule has 2 aliphatic rings. The van der Waals surface area contributed by atoms with Gasteiger partial charge in [0.05, 0.1) is 11.6 Å². The fraction of sp³-hybridized carbons (Fsp3) is 0.600. The Hall–Kier alpha value is -1.90. The number of rotatable bonds is 8. The average molecular weight is 341 g/mol. The Kier molecular flexibility index (Phi) is 5.72. The van der Waals surface area contributed by atoms with Gasteiger partial charge in [-0.2, -0.15) is 5.26 Å². The fourth-order valence-electron chi connectivity index (χ4n) is 3.77. The largest absolute Gasteiger partial charge is 0.478 e. The van der Waals surface area contributed by atoms with Crippen molar-refractivity contribution >= 4 is 5.97 Å². The lowest BCUT2D eigenvalue weighted by Gasteiger charge is -2.42. The summed E-state index contributed by atoms with van der Waals surface area (Å²) in [6, 6.07) is 10.3. The van der Waals surface area contributed by atoms with Crippen molar-refractivity contribution < 1.29 is 9.90 Å². The predicted octanol–water partition coefficient (Wildman–Crippen LogP) is 2.68. The number of piperidine rings is 1. The normalized spacial score (nSPS) is 20.1. The van der Waals surface area contributed by atoms with Gasteiger partial charge in [0.1, 0.15) is 0 Å². The van der Waals surface area contributed by atoms with Crippen LogP contribution in [0.3, 0.4) is 0 Å². The summed E-state index contributed by atoms with van der Waals surface area (Å²) in [5.74, 6) is -0.863. The first-order valence-corrected chi connectivity index (χ1v) is 9.25. The van der Waals surface area contributed by atoms with Gasteiger partial charge in [0.15, 0.2) is 0 Å². The molecule has 0 amide bonds. The molecule has 5 nitrogen and oxygen atoms in total. The summed E-state index contributed by atoms with van der Waals surface area (Å²) in [7, 11) is 0. The number of nitriles is 1. The van der Waals surface area contributed by atoms with Crippen molar-refractivity contribution in [2.75, 3.05) is 26.2 Å². The summed E-state index contributed by atoms with van der Waals surface area (Å²) in [6.07, 6.45) is 6.25. The van der Waals surface area contributed by atoms with Gasteiger partial charge in [0, 0.05) is 25.6 Å². The first kappa shape index (κ1) is 17.9. The molecule has 1 aromatic carbocycles. The van der Waals surface area contributed by atoms with Crippen LogP contribution in [0.25, 0.3) is 0 Å². The lowest BCUT2D eigenvalue weighted by atomic mass is 9.73. The number of likely N-dealkylation sites (tertiary alicyclic amines) is 1. The van der Waals surface area contributed by atoms with Gasteiger partial charge >= 0.3 is 5.97 Å². The Morgan fingerprint density at radius 3 is 2.76 bits per heavy atom. The van der Waals surface area contributed by atoms with Crippen LogP contribution in [0.5, 0.6) is 0 Å². The summed E-state index contributed by atoms with van der Waals surface area (Å²) >= 11 is 0. The molecular formula is C20H27N3O2. The second-order valence-corrected chi connectivity index (χ2v) is 7.59. The molecule has 25 heavy (non-hydrogen) atoms. The molecule has 5 heteroatoms. The molecule has 1 aliphatic carbocycles. The zero-order chi connectivity index (χ0) is 17.7. The number of carboxylic acids is 1. The monoisotopic (exact) mass is 341 g/mol. The van der Waals surface area contributed by atoms with Crippen LogP contribution in [-0.2, 0) is 6.42 Å². The molecule has 1 saturated heterocycles. The zero-order valence-electron chi connectivity index (χ0n) is 14.7. The van der Waals surface area contributed by atoms with Crippen molar-refractivity contribution in [3.8, 4) is 6.07 Å². The number of carboxylic acid groups (broad SMARTS) is 1. The lowest BCUT2D eigenvalue weighted by Crippen LogP contribution is -2.47. The second-order valence-electron chi connectivity index (χ2n) is 7.59. The standard InChI is InChI=1S/C20H27N3O2/c21-9-2-10-23-11-7-20(8-12-23,15-22-18-5-6-18)14-16-3-1-4-17(13-16)19(24)25/h1,3-4,13,18,22H,2,5-8,10-12,14-15H2,(H,24,25). The predicted molar refractivity (Wildman–Crippen MR) is 96.5 cm³/mol. The number of hydrogen-bond donors (Lipinski definition) is 2. The summed E-state index contributed by atoms with van der Waals surface area (Å²) < 4.78 is 0. The molecule has 0 spiro atoms. The van der Waals surface area contributed by atoms with Gasteiger partial charge in [-0.3, -0.25) is 0 Å². The summed E-state index contributed by atoms with van der Waals surface area (Å²) in [5.41, 5.74) is 1.67. The van der Waals surface area contributed by atoms with Crippen LogP contribution in [-0.4, -0.2) is 48.2 Å². The molecule has 0 atom stereocenters. The number of nitrogens with one attached hydrogen (secondary N) is 1. The van der Waals surface area contributed by atoms with Crippen LogP contribution in [0.15, 0.2) is 24.3 Å². The van der Waals surface area contributed by atoms with E-state index in [1.807, 2.05) is 18.2 Å². The Morgan fingerprint density at radius 2 is 2.12 bits per heavy atom. The van der Waals surface area contributed by atoms with E-state index in [0.29, 0.717) is 18.0 Å². The molecule has 0 bridgehead atoms. The van der Waals surface area contributed by atoms with Crippen molar-refractivity contribution in [2.45, 2.75) is 44.6 Å². The van der Waals surface area contributed by atoms with E-state index in [0.717, 1.165) is 51.0 Å². The summed E-state index contributed by atoms with van der Waals surface area (Å²) in [4.78, 5) is 13.6. The highest BCUT2D eigenvalue weighted by Gasteiger charge is 2.36. The molecule has 0 aromatic heterocycles. The number of benzene rings is 1. The summed E-state index contributed by atoms with van der Waals surface area (Å²) in [5, 5.41) is 21.7. The van der Waals surface area contributed by atoms with Crippen LogP contribution >= 0.6 is 0 Å².